The summed E-state index contributed by atoms with van der Waals surface area (Å²) in [6.45, 7) is 9.12. The summed E-state index contributed by atoms with van der Waals surface area (Å²) in [5.74, 6) is 0.459. The van der Waals surface area contributed by atoms with Gasteiger partial charge in [0.2, 0.25) is 0 Å². The van der Waals surface area contributed by atoms with Gasteiger partial charge in [-0.2, -0.15) is 5.10 Å². The lowest BCUT2D eigenvalue weighted by Crippen LogP contribution is -2.29. The van der Waals surface area contributed by atoms with E-state index in [1.807, 2.05) is 54.1 Å². The van der Waals surface area contributed by atoms with E-state index in [0.717, 1.165) is 28.9 Å². The van der Waals surface area contributed by atoms with E-state index in [9.17, 15) is 4.79 Å². The summed E-state index contributed by atoms with van der Waals surface area (Å²) in [4.78, 5) is 12.8. The second-order valence-corrected chi connectivity index (χ2v) is 7.85. The van der Waals surface area contributed by atoms with Gasteiger partial charge in [-0.3, -0.25) is 9.48 Å². The molecular weight excluding hydrogens is 346 g/mol. The van der Waals surface area contributed by atoms with Gasteiger partial charge in [-0.05, 0) is 55.5 Å². The molecule has 1 heterocycles. The van der Waals surface area contributed by atoms with Crippen LogP contribution in [0.3, 0.4) is 0 Å². The van der Waals surface area contributed by atoms with Crippen LogP contribution in [0, 0.1) is 19.8 Å². The van der Waals surface area contributed by atoms with Gasteiger partial charge in [-0.15, -0.1) is 0 Å². The van der Waals surface area contributed by atoms with Crippen molar-refractivity contribution in [3.8, 4) is 0 Å². The van der Waals surface area contributed by atoms with Gasteiger partial charge in [0.1, 0.15) is 0 Å². The van der Waals surface area contributed by atoms with Crippen molar-refractivity contribution in [2.45, 2.75) is 46.7 Å². The second-order valence-electron chi connectivity index (χ2n) is 7.85. The topological polar surface area (TPSA) is 46.9 Å². The van der Waals surface area contributed by atoms with Crippen molar-refractivity contribution in [3.63, 3.8) is 0 Å². The molecule has 0 radical (unpaired) electrons. The number of nitrogens with one attached hydrogen (secondary N) is 1. The highest BCUT2D eigenvalue weighted by atomic mass is 16.1. The summed E-state index contributed by atoms with van der Waals surface area (Å²) in [5.41, 5.74) is 5.11. The summed E-state index contributed by atoms with van der Waals surface area (Å²) in [6.07, 6.45) is 0.908. The van der Waals surface area contributed by atoms with Crippen LogP contribution in [0.1, 0.15) is 59.2 Å². The molecule has 1 amide bonds. The molecule has 1 N–H and O–H groups in total. The van der Waals surface area contributed by atoms with E-state index in [1.54, 1.807) is 0 Å². The fourth-order valence-electron chi connectivity index (χ4n) is 3.45. The summed E-state index contributed by atoms with van der Waals surface area (Å²) in [6, 6.07) is 20.1. The Morgan fingerprint density at radius 3 is 2.29 bits per heavy atom. The molecule has 3 aromatic rings. The Bertz CT molecular complexity index is 911. The molecule has 146 valence electrons. The van der Waals surface area contributed by atoms with Crippen LogP contribution < -0.4 is 5.32 Å². The first-order valence-electron chi connectivity index (χ1n) is 9.88. The Morgan fingerprint density at radius 2 is 1.71 bits per heavy atom. The number of aryl methyl sites for hydroxylation is 2. The Kier molecular flexibility index (Phi) is 6.30. The van der Waals surface area contributed by atoms with Gasteiger partial charge in [0, 0.05) is 11.3 Å². The summed E-state index contributed by atoms with van der Waals surface area (Å²) in [5, 5.41) is 7.71. The molecule has 0 unspecified atom stereocenters. The average Bonchev–Trinajstić information content (AvgIpc) is 2.99. The van der Waals surface area contributed by atoms with Gasteiger partial charge in [-0.1, -0.05) is 56.3 Å². The molecule has 0 spiro atoms. The summed E-state index contributed by atoms with van der Waals surface area (Å²) in [7, 11) is 0. The van der Waals surface area contributed by atoms with Gasteiger partial charge in [0.05, 0.1) is 18.3 Å². The lowest BCUT2D eigenvalue weighted by molar-refractivity contribution is 0.0932. The first-order chi connectivity index (χ1) is 13.4. The van der Waals surface area contributed by atoms with E-state index in [0.29, 0.717) is 18.0 Å². The number of aromatic nitrogens is 2. The molecule has 0 bridgehead atoms. The van der Waals surface area contributed by atoms with Crippen molar-refractivity contribution in [3.05, 3.63) is 88.7 Å². The first kappa shape index (κ1) is 19.9. The molecule has 0 saturated heterocycles. The maximum atomic E-state index is 12.8. The fourth-order valence-corrected chi connectivity index (χ4v) is 3.45. The fraction of sp³-hybridized carbons (Fsp3) is 0.333. The number of amides is 1. The SMILES string of the molecule is Cc1cc(C)n(Cc2ccc(C(=O)N[C@@H](CC(C)C)c3ccccc3)cc2)n1. The molecule has 28 heavy (non-hydrogen) atoms. The third kappa shape index (κ3) is 5.10. The predicted molar refractivity (Wildman–Crippen MR) is 113 cm³/mol. The zero-order valence-corrected chi connectivity index (χ0v) is 17.1. The maximum Gasteiger partial charge on any atom is 0.251 e. The quantitative estimate of drug-likeness (QED) is 0.627. The molecule has 0 aliphatic carbocycles. The lowest BCUT2D eigenvalue weighted by atomic mass is 9.96. The smallest absolute Gasteiger partial charge is 0.251 e. The normalized spacial score (nSPS) is 12.2. The van der Waals surface area contributed by atoms with Gasteiger partial charge in [-0.25, -0.2) is 0 Å². The highest BCUT2D eigenvalue weighted by molar-refractivity contribution is 5.94. The van der Waals surface area contributed by atoms with Gasteiger partial charge >= 0.3 is 0 Å². The zero-order chi connectivity index (χ0) is 20.1. The van der Waals surface area contributed by atoms with Gasteiger partial charge in [0.15, 0.2) is 0 Å². The number of hydrogen-bond acceptors (Lipinski definition) is 2. The number of carbonyl (C=O) groups excluding carboxylic acids is 1. The van der Waals surface area contributed by atoms with Crippen LogP contribution in [0.4, 0.5) is 0 Å². The Hall–Kier alpha value is -2.88. The number of rotatable bonds is 7. The number of hydrogen-bond donors (Lipinski definition) is 1. The van der Waals surface area contributed by atoms with E-state index in [4.69, 9.17) is 0 Å². The van der Waals surface area contributed by atoms with E-state index < -0.39 is 0 Å². The molecule has 2 aromatic carbocycles. The van der Waals surface area contributed by atoms with E-state index in [-0.39, 0.29) is 11.9 Å². The molecule has 4 nitrogen and oxygen atoms in total. The summed E-state index contributed by atoms with van der Waals surface area (Å²) >= 11 is 0. The van der Waals surface area contributed by atoms with Crippen LogP contribution >= 0.6 is 0 Å². The minimum absolute atomic E-state index is 0.0167. The largest absolute Gasteiger partial charge is 0.345 e. The second kappa shape index (κ2) is 8.87. The number of benzene rings is 2. The Morgan fingerprint density at radius 1 is 1.04 bits per heavy atom. The first-order valence-corrected chi connectivity index (χ1v) is 9.88. The minimum Gasteiger partial charge on any atom is -0.345 e. The highest BCUT2D eigenvalue weighted by Crippen LogP contribution is 2.22. The van der Waals surface area contributed by atoms with Crippen LogP contribution in [-0.4, -0.2) is 15.7 Å². The molecular formula is C24H29N3O. The molecule has 1 atom stereocenters. The standard InChI is InChI=1S/C24H29N3O/c1-17(2)14-23(21-8-6-5-7-9-21)25-24(28)22-12-10-20(11-13-22)16-27-19(4)15-18(3)26-27/h5-13,15,17,23H,14,16H2,1-4H3,(H,25,28)/t23-/m0/s1. The Labute approximate surface area is 167 Å². The van der Waals surface area contributed by atoms with E-state index in [1.165, 1.54) is 0 Å². The maximum absolute atomic E-state index is 12.8. The van der Waals surface area contributed by atoms with Crippen molar-refractivity contribution in [1.29, 1.82) is 0 Å². The number of nitrogens with zero attached hydrogens (tertiary/aromatic N) is 2. The van der Waals surface area contributed by atoms with Crippen LogP contribution in [0.15, 0.2) is 60.7 Å². The minimum atomic E-state index is -0.0350. The van der Waals surface area contributed by atoms with Crippen molar-refractivity contribution in [1.82, 2.24) is 15.1 Å². The van der Waals surface area contributed by atoms with E-state index in [2.05, 4.69) is 49.4 Å². The third-order valence-corrected chi connectivity index (χ3v) is 4.87. The molecule has 3 rings (SSSR count). The van der Waals surface area contributed by atoms with Crippen molar-refractivity contribution < 1.29 is 4.79 Å². The monoisotopic (exact) mass is 375 g/mol. The highest BCUT2D eigenvalue weighted by Gasteiger charge is 2.17. The Balaban J connectivity index is 1.70. The molecule has 0 saturated carbocycles. The van der Waals surface area contributed by atoms with Crippen molar-refractivity contribution in [2.24, 2.45) is 5.92 Å². The number of carbonyl (C=O) groups is 1. The third-order valence-electron chi connectivity index (χ3n) is 4.87. The molecule has 0 fully saturated rings. The van der Waals surface area contributed by atoms with Crippen molar-refractivity contribution in [2.75, 3.05) is 0 Å². The van der Waals surface area contributed by atoms with Gasteiger partial charge in [0.25, 0.3) is 5.91 Å². The van der Waals surface area contributed by atoms with E-state index >= 15 is 0 Å². The predicted octanol–water partition coefficient (Wildman–Crippen LogP) is 5.07. The van der Waals surface area contributed by atoms with Crippen molar-refractivity contribution >= 4 is 5.91 Å². The zero-order valence-electron chi connectivity index (χ0n) is 17.1. The molecule has 4 heteroatoms. The average molecular weight is 376 g/mol. The molecule has 0 aliphatic rings. The summed E-state index contributed by atoms with van der Waals surface area (Å²) < 4.78 is 1.98. The lowest BCUT2D eigenvalue weighted by Gasteiger charge is -2.21. The van der Waals surface area contributed by atoms with Crippen LogP contribution in [0.25, 0.3) is 0 Å². The van der Waals surface area contributed by atoms with Crippen LogP contribution in [-0.2, 0) is 6.54 Å². The molecule has 1 aromatic heterocycles. The van der Waals surface area contributed by atoms with Crippen LogP contribution in [0.5, 0.6) is 0 Å². The van der Waals surface area contributed by atoms with Gasteiger partial charge < -0.3 is 5.32 Å². The van der Waals surface area contributed by atoms with Crippen LogP contribution in [0.2, 0.25) is 0 Å². The molecule has 0 aliphatic heterocycles.